The first-order chi connectivity index (χ1) is 10.7. The summed E-state index contributed by atoms with van der Waals surface area (Å²) in [6.45, 7) is 1.74. The van der Waals surface area contributed by atoms with Gasteiger partial charge in [-0.05, 0) is 36.8 Å². The molecule has 7 heteroatoms. The predicted molar refractivity (Wildman–Crippen MR) is 84.8 cm³/mol. The zero-order valence-electron chi connectivity index (χ0n) is 12.3. The Morgan fingerprint density at radius 3 is 2.48 bits per heavy atom. The molecule has 0 aliphatic carbocycles. The normalized spacial score (nSPS) is 11.2. The maximum Gasteiger partial charge on any atom is 0.418 e. The van der Waals surface area contributed by atoms with E-state index in [0.717, 1.165) is 6.07 Å². The van der Waals surface area contributed by atoms with Crippen molar-refractivity contribution >= 4 is 27.5 Å². The van der Waals surface area contributed by atoms with E-state index in [-0.39, 0.29) is 11.3 Å². The smallest absolute Gasteiger partial charge is 0.418 e. The van der Waals surface area contributed by atoms with Crippen LogP contribution >= 0.6 is 15.9 Å². The van der Waals surface area contributed by atoms with Crippen molar-refractivity contribution in [2.45, 2.75) is 13.1 Å². The third-order valence-electron chi connectivity index (χ3n) is 3.17. The van der Waals surface area contributed by atoms with E-state index in [4.69, 9.17) is 4.74 Å². The summed E-state index contributed by atoms with van der Waals surface area (Å²) in [4.78, 5) is 12.4. The molecule has 0 saturated heterocycles. The number of nitrogens with one attached hydrogen (secondary N) is 1. The maximum atomic E-state index is 13.0. The number of hydrogen-bond acceptors (Lipinski definition) is 2. The quantitative estimate of drug-likeness (QED) is 0.801. The van der Waals surface area contributed by atoms with E-state index in [1.54, 1.807) is 13.0 Å². The highest BCUT2D eigenvalue weighted by Crippen LogP contribution is 2.35. The Labute approximate surface area is 139 Å². The van der Waals surface area contributed by atoms with Gasteiger partial charge in [0.15, 0.2) is 0 Å². The van der Waals surface area contributed by atoms with Crippen LogP contribution in [0.15, 0.2) is 40.9 Å². The number of alkyl halides is 3. The van der Waals surface area contributed by atoms with Crippen molar-refractivity contribution in [3.05, 3.63) is 57.6 Å². The molecule has 0 heterocycles. The number of halogens is 4. The van der Waals surface area contributed by atoms with E-state index in [0.29, 0.717) is 15.8 Å². The Bertz CT molecular complexity index is 745. The summed E-state index contributed by atoms with van der Waals surface area (Å²) in [5.41, 5.74) is -0.365. The van der Waals surface area contributed by atoms with Gasteiger partial charge < -0.3 is 10.1 Å². The summed E-state index contributed by atoms with van der Waals surface area (Å²) in [7, 11) is 1.40. The Morgan fingerprint density at radius 1 is 1.22 bits per heavy atom. The summed E-state index contributed by atoms with van der Waals surface area (Å²) in [5, 5.41) is 2.30. The van der Waals surface area contributed by atoms with Crippen LogP contribution in [0.25, 0.3) is 0 Å². The first-order valence-electron chi connectivity index (χ1n) is 6.55. The molecule has 23 heavy (non-hydrogen) atoms. The first kappa shape index (κ1) is 17.3. The SMILES string of the molecule is COc1c(C)cc(Br)cc1C(=O)Nc1ccccc1C(F)(F)F. The molecule has 0 aromatic heterocycles. The first-order valence-corrected chi connectivity index (χ1v) is 7.35. The van der Waals surface area contributed by atoms with Gasteiger partial charge in [-0.2, -0.15) is 13.2 Å². The van der Waals surface area contributed by atoms with Gasteiger partial charge >= 0.3 is 6.18 Å². The zero-order chi connectivity index (χ0) is 17.2. The van der Waals surface area contributed by atoms with E-state index in [1.165, 1.54) is 31.4 Å². The van der Waals surface area contributed by atoms with Gasteiger partial charge in [-0.15, -0.1) is 0 Å². The second kappa shape index (κ2) is 6.62. The Balaban J connectivity index is 2.42. The molecule has 0 bridgehead atoms. The number of carbonyl (C=O) groups excluding carboxylic acids is 1. The van der Waals surface area contributed by atoms with Crippen molar-refractivity contribution in [3.63, 3.8) is 0 Å². The van der Waals surface area contributed by atoms with Gasteiger partial charge in [-0.25, -0.2) is 0 Å². The molecule has 0 atom stereocenters. The van der Waals surface area contributed by atoms with Crippen molar-refractivity contribution in [2.75, 3.05) is 12.4 Å². The minimum absolute atomic E-state index is 0.149. The second-order valence-corrected chi connectivity index (χ2v) is 5.72. The van der Waals surface area contributed by atoms with Crippen LogP contribution in [-0.4, -0.2) is 13.0 Å². The fourth-order valence-electron chi connectivity index (χ4n) is 2.20. The van der Waals surface area contributed by atoms with E-state index >= 15 is 0 Å². The molecule has 0 saturated carbocycles. The molecule has 1 amide bonds. The van der Waals surface area contributed by atoms with Crippen molar-refractivity contribution in [3.8, 4) is 5.75 Å². The average molecular weight is 388 g/mol. The molecular weight excluding hydrogens is 375 g/mol. The fraction of sp³-hybridized carbons (Fsp3) is 0.188. The second-order valence-electron chi connectivity index (χ2n) is 4.80. The minimum atomic E-state index is -4.55. The minimum Gasteiger partial charge on any atom is -0.496 e. The van der Waals surface area contributed by atoms with Gasteiger partial charge in [0.05, 0.1) is 23.9 Å². The number of rotatable bonds is 3. The van der Waals surface area contributed by atoms with Crippen LogP contribution in [0.4, 0.5) is 18.9 Å². The number of carbonyl (C=O) groups is 1. The largest absolute Gasteiger partial charge is 0.496 e. The standard InChI is InChI=1S/C16H13BrF3NO2/c1-9-7-10(17)8-11(14(9)23-2)15(22)21-13-6-4-3-5-12(13)16(18,19)20/h3-8H,1-2H3,(H,21,22). The van der Waals surface area contributed by atoms with Crippen LogP contribution in [-0.2, 0) is 6.18 Å². The number of anilines is 1. The molecule has 0 unspecified atom stereocenters. The van der Waals surface area contributed by atoms with E-state index in [2.05, 4.69) is 21.2 Å². The third kappa shape index (κ3) is 3.85. The molecule has 0 aliphatic heterocycles. The van der Waals surface area contributed by atoms with Gasteiger partial charge in [0, 0.05) is 4.47 Å². The Hall–Kier alpha value is -2.02. The number of benzene rings is 2. The van der Waals surface area contributed by atoms with Crippen molar-refractivity contribution in [2.24, 2.45) is 0 Å². The lowest BCUT2D eigenvalue weighted by Crippen LogP contribution is -2.17. The van der Waals surface area contributed by atoms with Crippen LogP contribution in [0.1, 0.15) is 21.5 Å². The van der Waals surface area contributed by atoms with Crippen molar-refractivity contribution in [1.82, 2.24) is 0 Å². The van der Waals surface area contributed by atoms with Crippen molar-refractivity contribution < 1.29 is 22.7 Å². The van der Waals surface area contributed by atoms with E-state index in [9.17, 15) is 18.0 Å². The monoisotopic (exact) mass is 387 g/mol. The highest BCUT2D eigenvalue weighted by atomic mass is 79.9. The van der Waals surface area contributed by atoms with Gasteiger partial charge in [0.25, 0.3) is 5.91 Å². The molecule has 3 nitrogen and oxygen atoms in total. The Kier molecular flexibility index (Phi) is 4.99. The molecule has 2 aromatic carbocycles. The van der Waals surface area contributed by atoms with Gasteiger partial charge in [-0.1, -0.05) is 28.1 Å². The third-order valence-corrected chi connectivity index (χ3v) is 3.63. The zero-order valence-corrected chi connectivity index (χ0v) is 13.9. The lowest BCUT2D eigenvalue weighted by molar-refractivity contribution is -0.136. The molecule has 0 radical (unpaired) electrons. The maximum absolute atomic E-state index is 13.0. The van der Waals surface area contributed by atoms with E-state index in [1.807, 2.05) is 0 Å². The predicted octanol–water partition coefficient (Wildman–Crippen LogP) is 5.04. The number of hydrogen-bond donors (Lipinski definition) is 1. The fourth-order valence-corrected chi connectivity index (χ4v) is 2.77. The summed E-state index contributed by atoms with van der Waals surface area (Å²) < 4.78 is 44.8. The highest BCUT2D eigenvalue weighted by Gasteiger charge is 2.33. The molecule has 0 aliphatic rings. The van der Waals surface area contributed by atoms with Crippen LogP contribution in [0, 0.1) is 6.92 Å². The Morgan fingerprint density at radius 2 is 1.87 bits per heavy atom. The molecule has 1 N–H and O–H groups in total. The van der Waals surface area contributed by atoms with Crippen LogP contribution in [0.5, 0.6) is 5.75 Å². The van der Waals surface area contributed by atoms with Crippen LogP contribution in [0.2, 0.25) is 0 Å². The summed E-state index contributed by atoms with van der Waals surface area (Å²) in [6, 6.07) is 8.06. The van der Waals surface area contributed by atoms with Crippen LogP contribution in [0.3, 0.4) is 0 Å². The summed E-state index contributed by atoms with van der Waals surface area (Å²) in [6.07, 6.45) is -4.55. The molecular formula is C16H13BrF3NO2. The van der Waals surface area contributed by atoms with Crippen LogP contribution < -0.4 is 10.1 Å². The number of amides is 1. The number of methoxy groups -OCH3 is 1. The number of aryl methyl sites for hydroxylation is 1. The lowest BCUT2D eigenvalue weighted by Gasteiger charge is -2.15. The number of ether oxygens (including phenoxy) is 1. The number of para-hydroxylation sites is 1. The van der Waals surface area contributed by atoms with Gasteiger partial charge in [0.2, 0.25) is 0 Å². The molecule has 0 fully saturated rings. The van der Waals surface area contributed by atoms with E-state index < -0.39 is 17.6 Å². The topological polar surface area (TPSA) is 38.3 Å². The lowest BCUT2D eigenvalue weighted by atomic mass is 10.1. The molecule has 0 spiro atoms. The molecule has 122 valence electrons. The highest BCUT2D eigenvalue weighted by molar-refractivity contribution is 9.10. The summed E-state index contributed by atoms with van der Waals surface area (Å²) in [5.74, 6) is -0.363. The van der Waals surface area contributed by atoms with Gasteiger partial charge in [0.1, 0.15) is 5.75 Å². The molecule has 2 rings (SSSR count). The molecule has 2 aromatic rings. The van der Waals surface area contributed by atoms with Crippen molar-refractivity contribution in [1.29, 1.82) is 0 Å². The van der Waals surface area contributed by atoms with Gasteiger partial charge in [-0.3, -0.25) is 4.79 Å². The summed E-state index contributed by atoms with van der Waals surface area (Å²) >= 11 is 3.26. The average Bonchev–Trinajstić information content (AvgIpc) is 2.46.